The minimum absolute atomic E-state index is 0.0354. The molecule has 0 spiro atoms. The first kappa shape index (κ1) is 16.2. The van der Waals surface area contributed by atoms with Gasteiger partial charge in [-0.25, -0.2) is 4.98 Å². The van der Waals surface area contributed by atoms with Crippen LogP contribution in [0.2, 0.25) is 0 Å². The molecule has 2 heterocycles. The van der Waals surface area contributed by atoms with Crippen molar-refractivity contribution in [1.82, 2.24) is 9.97 Å². The lowest BCUT2D eigenvalue weighted by Gasteiger charge is -2.31. The number of carbonyl (C=O) groups is 1. The highest BCUT2D eigenvalue weighted by atomic mass is 16.5. The largest absolute Gasteiger partial charge is 0.490 e. The zero-order valence-electron chi connectivity index (χ0n) is 14.3. The fourth-order valence-corrected chi connectivity index (χ4v) is 3.08. The number of amides is 1. The highest BCUT2D eigenvalue weighted by molar-refractivity contribution is 5.92. The first-order valence-corrected chi connectivity index (χ1v) is 8.61. The Labute approximate surface area is 151 Å². The van der Waals surface area contributed by atoms with Crippen LogP contribution in [0.15, 0.2) is 61.1 Å². The molecule has 1 amide bonds. The van der Waals surface area contributed by atoms with Crippen LogP contribution in [0.5, 0.6) is 5.75 Å². The highest BCUT2D eigenvalue weighted by Gasteiger charge is 2.20. The number of imidazole rings is 1. The number of benzene rings is 2. The van der Waals surface area contributed by atoms with Crippen molar-refractivity contribution in [3.05, 3.63) is 72.3 Å². The predicted molar refractivity (Wildman–Crippen MR) is 100 cm³/mol. The topological polar surface area (TPSA) is 70.2 Å². The molecular weight excluding hydrogens is 328 g/mol. The zero-order valence-corrected chi connectivity index (χ0v) is 14.3. The van der Waals surface area contributed by atoms with Crippen LogP contribution in [0.25, 0.3) is 0 Å². The van der Waals surface area contributed by atoms with Gasteiger partial charge in [0.25, 0.3) is 0 Å². The monoisotopic (exact) mass is 348 g/mol. The van der Waals surface area contributed by atoms with Gasteiger partial charge in [0.05, 0.1) is 37.2 Å². The molecule has 6 heteroatoms. The van der Waals surface area contributed by atoms with Gasteiger partial charge in [-0.2, -0.15) is 0 Å². The summed E-state index contributed by atoms with van der Waals surface area (Å²) in [6, 6.07) is 15.4. The Morgan fingerprint density at radius 2 is 2.12 bits per heavy atom. The van der Waals surface area contributed by atoms with Crippen molar-refractivity contribution in [2.45, 2.75) is 13.0 Å². The molecule has 2 N–H and O–H groups in total. The Morgan fingerprint density at radius 1 is 1.23 bits per heavy atom. The summed E-state index contributed by atoms with van der Waals surface area (Å²) in [7, 11) is 0. The second-order valence-electron chi connectivity index (χ2n) is 6.22. The maximum Gasteiger partial charge on any atom is 0.228 e. The summed E-state index contributed by atoms with van der Waals surface area (Å²) in [5.74, 6) is 0.811. The summed E-state index contributed by atoms with van der Waals surface area (Å²) in [5.41, 5.74) is 3.74. The SMILES string of the molecule is O=C(Cc1ccc2c(c1)N(Cc1c[nH]cn1)CCO2)Nc1ccccc1. The van der Waals surface area contributed by atoms with Crippen LogP contribution in [-0.2, 0) is 17.8 Å². The van der Waals surface area contributed by atoms with Crippen molar-refractivity contribution in [2.24, 2.45) is 0 Å². The molecule has 4 rings (SSSR count). The Hall–Kier alpha value is -3.28. The van der Waals surface area contributed by atoms with Gasteiger partial charge in [0.2, 0.25) is 5.91 Å². The molecule has 0 aliphatic carbocycles. The number of fused-ring (bicyclic) bond motifs is 1. The summed E-state index contributed by atoms with van der Waals surface area (Å²) < 4.78 is 5.76. The number of carbonyl (C=O) groups excluding carboxylic acids is 1. The third-order valence-electron chi connectivity index (χ3n) is 4.31. The van der Waals surface area contributed by atoms with Gasteiger partial charge in [-0.15, -0.1) is 0 Å². The molecule has 0 fully saturated rings. The molecule has 0 radical (unpaired) electrons. The molecule has 26 heavy (non-hydrogen) atoms. The van der Waals surface area contributed by atoms with Gasteiger partial charge >= 0.3 is 0 Å². The smallest absolute Gasteiger partial charge is 0.228 e. The summed E-state index contributed by atoms with van der Waals surface area (Å²) in [5, 5.41) is 2.92. The number of para-hydroxylation sites is 1. The standard InChI is InChI=1S/C20H20N4O2/c25-20(23-16-4-2-1-3-5-16)11-15-6-7-19-18(10-15)24(8-9-26-19)13-17-12-21-14-22-17/h1-7,10,12,14H,8-9,11,13H2,(H,21,22)(H,23,25). The molecule has 0 unspecified atom stereocenters. The number of aromatic nitrogens is 2. The van der Waals surface area contributed by atoms with Crippen molar-refractivity contribution in [3.8, 4) is 5.75 Å². The van der Waals surface area contributed by atoms with Crippen molar-refractivity contribution in [3.63, 3.8) is 0 Å². The minimum atomic E-state index is -0.0354. The first-order chi connectivity index (χ1) is 12.8. The van der Waals surface area contributed by atoms with Gasteiger partial charge in [0.1, 0.15) is 12.4 Å². The molecule has 0 saturated heterocycles. The first-order valence-electron chi connectivity index (χ1n) is 8.61. The molecule has 1 aliphatic rings. The quantitative estimate of drug-likeness (QED) is 0.744. The maximum atomic E-state index is 12.3. The molecule has 0 bridgehead atoms. The van der Waals surface area contributed by atoms with E-state index in [1.165, 1.54) is 0 Å². The molecule has 1 aromatic heterocycles. The average Bonchev–Trinajstić information content (AvgIpc) is 3.16. The van der Waals surface area contributed by atoms with Crippen molar-refractivity contribution < 1.29 is 9.53 Å². The molecule has 132 valence electrons. The molecular formula is C20H20N4O2. The molecule has 2 aromatic carbocycles. The van der Waals surface area contributed by atoms with Gasteiger partial charge < -0.3 is 19.9 Å². The molecule has 3 aromatic rings. The number of aromatic amines is 1. The third kappa shape index (κ3) is 3.69. The lowest BCUT2D eigenvalue weighted by molar-refractivity contribution is -0.115. The van der Waals surface area contributed by atoms with Crippen LogP contribution in [0, 0.1) is 0 Å². The van der Waals surface area contributed by atoms with Crippen LogP contribution in [0.3, 0.4) is 0 Å². The highest BCUT2D eigenvalue weighted by Crippen LogP contribution is 2.33. The number of nitrogens with one attached hydrogen (secondary N) is 2. The normalized spacial score (nSPS) is 13.0. The Bertz CT molecular complexity index is 878. The summed E-state index contributed by atoms with van der Waals surface area (Å²) in [4.78, 5) is 21.8. The molecule has 0 atom stereocenters. The summed E-state index contributed by atoms with van der Waals surface area (Å²) in [6.45, 7) is 2.14. The van der Waals surface area contributed by atoms with E-state index in [9.17, 15) is 4.79 Å². The van der Waals surface area contributed by atoms with Gasteiger partial charge in [-0.3, -0.25) is 4.79 Å². The number of hydrogen-bond acceptors (Lipinski definition) is 4. The second kappa shape index (κ2) is 7.31. The number of H-pyrrole nitrogens is 1. The summed E-state index contributed by atoms with van der Waals surface area (Å²) >= 11 is 0. The number of anilines is 2. The van der Waals surface area contributed by atoms with Crippen molar-refractivity contribution in [2.75, 3.05) is 23.4 Å². The van der Waals surface area contributed by atoms with E-state index in [0.717, 1.165) is 34.9 Å². The number of hydrogen-bond donors (Lipinski definition) is 2. The van der Waals surface area contributed by atoms with E-state index in [1.807, 2.05) is 54.7 Å². The predicted octanol–water partition coefficient (Wildman–Crippen LogP) is 2.99. The van der Waals surface area contributed by atoms with Crippen molar-refractivity contribution in [1.29, 1.82) is 0 Å². The number of ether oxygens (including phenoxy) is 1. The van der Waals surface area contributed by atoms with E-state index in [0.29, 0.717) is 19.6 Å². The fourth-order valence-electron chi connectivity index (χ4n) is 3.08. The van der Waals surface area contributed by atoms with Gasteiger partial charge in [-0.1, -0.05) is 24.3 Å². The van der Waals surface area contributed by atoms with Crippen LogP contribution in [-0.4, -0.2) is 29.0 Å². The third-order valence-corrected chi connectivity index (χ3v) is 4.31. The van der Waals surface area contributed by atoms with E-state index >= 15 is 0 Å². The fraction of sp³-hybridized carbons (Fsp3) is 0.200. The van der Waals surface area contributed by atoms with E-state index < -0.39 is 0 Å². The maximum absolute atomic E-state index is 12.3. The van der Waals surface area contributed by atoms with E-state index in [4.69, 9.17) is 4.74 Å². The second-order valence-corrected chi connectivity index (χ2v) is 6.22. The lowest BCUT2D eigenvalue weighted by atomic mass is 10.1. The van der Waals surface area contributed by atoms with Crippen LogP contribution in [0.4, 0.5) is 11.4 Å². The Morgan fingerprint density at radius 3 is 2.92 bits per heavy atom. The van der Waals surface area contributed by atoms with Crippen LogP contribution >= 0.6 is 0 Å². The number of nitrogens with zero attached hydrogens (tertiary/aromatic N) is 2. The molecule has 1 aliphatic heterocycles. The van der Waals surface area contributed by atoms with Gasteiger partial charge in [0, 0.05) is 11.9 Å². The zero-order chi connectivity index (χ0) is 17.8. The van der Waals surface area contributed by atoms with E-state index in [1.54, 1.807) is 6.33 Å². The van der Waals surface area contributed by atoms with E-state index in [2.05, 4.69) is 20.2 Å². The van der Waals surface area contributed by atoms with E-state index in [-0.39, 0.29) is 5.91 Å². The van der Waals surface area contributed by atoms with Gasteiger partial charge in [-0.05, 0) is 29.8 Å². The molecule has 6 nitrogen and oxygen atoms in total. The summed E-state index contributed by atoms with van der Waals surface area (Å²) in [6.07, 6.45) is 3.89. The minimum Gasteiger partial charge on any atom is -0.490 e. The Kier molecular flexibility index (Phi) is 4.55. The van der Waals surface area contributed by atoms with Crippen molar-refractivity contribution >= 4 is 17.3 Å². The van der Waals surface area contributed by atoms with Crippen LogP contribution < -0.4 is 15.0 Å². The average molecular weight is 348 g/mol. The lowest BCUT2D eigenvalue weighted by Crippen LogP contribution is -2.32. The van der Waals surface area contributed by atoms with Gasteiger partial charge in [0.15, 0.2) is 0 Å². The number of rotatable bonds is 5. The molecule has 0 saturated carbocycles. The Balaban J connectivity index is 1.49. The van der Waals surface area contributed by atoms with Crippen LogP contribution in [0.1, 0.15) is 11.3 Å².